The molecule has 1 aliphatic carbocycles. The van der Waals surface area contributed by atoms with E-state index >= 15 is 0 Å². The summed E-state index contributed by atoms with van der Waals surface area (Å²) in [4.78, 5) is 11.6. The summed E-state index contributed by atoms with van der Waals surface area (Å²) in [5.74, 6) is 0.251. The Labute approximate surface area is 106 Å². The van der Waals surface area contributed by atoms with E-state index in [-0.39, 0.29) is 12.4 Å². The summed E-state index contributed by atoms with van der Waals surface area (Å²) in [6, 6.07) is 13.9. The Morgan fingerprint density at radius 3 is 2.67 bits per heavy atom. The standard InChI is InChI=1S/C16H14O2/c17-10-11-2-1-3-12(8-11)13-4-6-15-14(9-13)5-7-16(15)18/h1-4,6,8-9,17H,5,7,10H2. The van der Waals surface area contributed by atoms with E-state index in [1.165, 1.54) is 0 Å². The maximum atomic E-state index is 11.6. The summed E-state index contributed by atoms with van der Waals surface area (Å²) < 4.78 is 0. The van der Waals surface area contributed by atoms with Crippen LogP contribution in [-0.2, 0) is 13.0 Å². The van der Waals surface area contributed by atoms with Gasteiger partial charge in [-0.2, -0.15) is 0 Å². The quantitative estimate of drug-likeness (QED) is 0.873. The molecule has 2 heteroatoms. The van der Waals surface area contributed by atoms with Crippen molar-refractivity contribution < 1.29 is 9.90 Å². The normalized spacial score (nSPS) is 13.7. The van der Waals surface area contributed by atoms with E-state index in [9.17, 15) is 4.79 Å². The van der Waals surface area contributed by atoms with Crippen molar-refractivity contribution >= 4 is 5.78 Å². The molecule has 0 aromatic heterocycles. The predicted octanol–water partition coefficient (Wildman–Crippen LogP) is 2.97. The van der Waals surface area contributed by atoms with Crippen molar-refractivity contribution in [1.29, 1.82) is 0 Å². The second-order valence-electron chi connectivity index (χ2n) is 4.65. The van der Waals surface area contributed by atoms with Crippen LogP contribution in [-0.4, -0.2) is 10.9 Å². The number of aliphatic hydroxyl groups excluding tert-OH is 1. The molecule has 0 heterocycles. The van der Waals surface area contributed by atoms with E-state index in [1.807, 2.05) is 36.4 Å². The second-order valence-corrected chi connectivity index (χ2v) is 4.65. The lowest BCUT2D eigenvalue weighted by Gasteiger charge is -2.06. The van der Waals surface area contributed by atoms with Gasteiger partial charge < -0.3 is 5.11 Å². The smallest absolute Gasteiger partial charge is 0.163 e. The molecule has 1 aliphatic rings. The van der Waals surface area contributed by atoms with Crippen LogP contribution in [0.3, 0.4) is 0 Å². The van der Waals surface area contributed by atoms with E-state index in [2.05, 4.69) is 6.07 Å². The molecule has 0 aliphatic heterocycles. The summed E-state index contributed by atoms with van der Waals surface area (Å²) in [5, 5.41) is 9.15. The number of carbonyl (C=O) groups is 1. The fraction of sp³-hybridized carbons (Fsp3) is 0.188. The Hall–Kier alpha value is -1.93. The summed E-state index contributed by atoms with van der Waals surface area (Å²) in [5.41, 5.74) is 5.12. The lowest BCUT2D eigenvalue weighted by atomic mass is 9.99. The fourth-order valence-electron chi connectivity index (χ4n) is 2.48. The number of fused-ring (bicyclic) bond motifs is 1. The van der Waals surface area contributed by atoms with Gasteiger partial charge in [0.2, 0.25) is 0 Å². The maximum absolute atomic E-state index is 11.6. The Morgan fingerprint density at radius 1 is 1.00 bits per heavy atom. The highest BCUT2D eigenvalue weighted by atomic mass is 16.3. The van der Waals surface area contributed by atoms with Crippen molar-refractivity contribution in [1.82, 2.24) is 0 Å². The van der Waals surface area contributed by atoms with Crippen molar-refractivity contribution in [2.45, 2.75) is 19.4 Å². The third kappa shape index (κ3) is 1.85. The summed E-state index contributed by atoms with van der Waals surface area (Å²) in [6.45, 7) is 0.0528. The van der Waals surface area contributed by atoms with Gasteiger partial charge in [-0.15, -0.1) is 0 Å². The van der Waals surface area contributed by atoms with Crippen molar-refractivity contribution in [3.05, 3.63) is 59.2 Å². The molecule has 0 radical (unpaired) electrons. The first-order valence-electron chi connectivity index (χ1n) is 6.14. The minimum Gasteiger partial charge on any atom is -0.392 e. The molecule has 0 unspecified atom stereocenters. The Kier molecular flexibility index (Phi) is 2.73. The lowest BCUT2D eigenvalue weighted by molar-refractivity contribution is 0.0994. The van der Waals surface area contributed by atoms with Crippen LogP contribution in [0.1, 0.15) is 27.9 Å². The molecule has 0 saturated heterocycles. The molecule has 2 nitrogen and oxygen atoms in total. The first-order valence-corrected chi connectivity index (χ1v) is 6.14. The number of rotatable bonds is 2. The number of hydrogen-bond acceptors (Lipinski definition) is 2. The van der Waals surface area contributed by atoms with Crippen LogP contribution >= 0.6 is 0 Å². The second kappa shape index (κ2) is 4.39. The van der Waals surface area contributed by atoms with Gasteiger partial charge in [0.25, 0.3) is 0 Å². The molecular formula is C16H14O2. The minimum atomic E-state index is 0.0528. The van der Waals surface area contributed by atoms with Crippen LogP contribution in [0, 0.1) is 0 Å². The number of benzene rings is 2. The average Bonchev–Trinajstić information content (AvgIpc) is 2.80. The molecule has 0 amide bonds. The number of hydrogen-bond donors (Lipinski definition) is 1. The molecule has 1 N–H and O–H groups in total. The Bertz CT molecular complexity index is 614. The molecule has 2 aromatic carbocycles. The summed E-state index contributed by atoms with van der Waals surface area (Å²) in [6.07, 6.45) is 1.48. The van der Waals surface area contributed by atoms with Crippen LogP contribution in [0.15, 0.2) is 42.5 Å². The number of Topliss-reactive ketones (excluding diaryl/α,β-unsaturated/α-hetero) is 1. The minimum absolute atomic E-state index is 0.0528. The molecule has 90 valence electrons. The zero-order valence-electron chi connectivity index (χ0n) is 10.0. The topological polar surface area (TPSA) is 37.3 Å². The van der Waals surface area contributed by atoms with Crippen molar-refractivity contribution in [3.8, 4) is 11.1 Å². The lowest BCUT2D eigenvalue weighted by Crippen LogP contribution is -1.91. The molecule has 0 spiro atoms. The molecule has 3 rings (SSSR count). The number of aliphatic hydroxyl groups is 1. The molecule has 0 fully saturated rings. The largest absolute Gasteiger partial charge is 0.392 e. The third-order valence-corrected chi connectivity index (χ3v) is 3.47. The average molecular weight is 238 g/mol. The monoisotopic (exact) mass is 238 g/mol. The van der Waals surface area contributed by atoms with Gasteiger partial charge in [0.1, 0.15) is 0 Å². The maximum Gasteiger partial charge on any atom is 0.163 e. The first-order chi connectivity index (χ1) is 8.78. The van der Waals surface area contributed by atoms with Gasteiger partial charge in [0, 0.05) is 12.0 Å². The van der Waals surface area contributed by atoms with E-state index < -0.39 is 0 Å². The first kappa shape index (κ1) is 11.2. The summed E-state index contributed by atoms with van der Waals surface area (Å²) in [7, 11) is 0. The SMILES string of the molecule is O=C1CCc2cc(-c3cccc(CO)c3)ccc21. The molecule has 2 aromatic rings. The zero-order chi connectivity index (χ0) is 12.5. The van der Waals surface area contributed by atoms with Crippen molar-refractivity contribution in [2.75, 3.05) is 0 Å². The van der Waals surface area contributed by atoms with Crippen LogP contribution < -0.4 is 0 Å². The van der Waals surface area contributed by atoms with Gasteiger partial charge in [0.05, 0.1) is 6.61 Å². The Balaban J connectivity index is 2.05. The van der Waals surface area contributed by atoms with Crippen LogP contribution in [0.4, 0.5) is 0 Å². The fourth-order valence-corrected chi connectivity index (χ4v) is 2.48. The highest BCUT2D eigenvalue weighted by Crippen LogP contribution is 2.28. The third-order valence-electron chi connectivity index (χ3n) is 3.47. The number of aryl methyl sites for hydroxylation is 1. The van der Waals surface area contributed by atoms with Crippen molar-refractivity contribution in [2.24, 2.45) is 0 Å². The van der Waals surface area contributed by atoms with Gasteiger partial charge >= 0.3 is 0 Å². The zero-order valence-corrected chi connectivity index (χ0v) is 10.0. The van der Waals surface area contributed by atoms with Crippen molar-refractivity contribution in [3.63, 3.8) is 0 Å². The number of carbonyl (C=O) groups excluding carboxylic acids is 1. The van der Waals surface area contributed by atoms with E-state index in [0.717, 1.165) is 34.2 Å². The van der Waals surface area contributed by atoms with Crippen LogP contribution in [0.2, 0.25) is 0 Å². The highest BCUT2D eigenvalue weighted by Gasteiger charge is 2.19. The van der Waals surface area contributed by atoms with E-state index in [0.29, 0.717) is 6.42 Å². The van der Waals surface area contributed by atoms with E-state index in [1.54, 1.807) is 0 Å². The Morgan fingerprint density at radius 2 is 1.83 bits per heavy atom. The molecule has 0 saturated carbocycles. The van der Waals surface area contributed by atoms with Gasteiger partial charge in [-0.25, -0.2) is 0 Å². The molecular weight excluding hydrogens is 224 g/mol. The van der Waals surface area contributed by atoms with Gasteiger partial charge in [-0.3, -0.25) is 4.79 Å². The highest BCUT2D eigenvalue weighted by molar-refractivity contribution is 6.00. The number of ketones is 1. The van der Waals surface area contributed by atoms with Crippen LogP contribution in [0.25, 0.3) is 11.1 Å². The summed E-state index contributed by atoms with van der Waals surface area (Å²) >= 11 is 0. The van der Waals surface area contributed by atoms with Gasteiger partial charge in [0.15, 0.2) is 5.78 Å². The van der Waals surface area contributed by atoms with Crippen LogP contribution in [0.5, 0.6) is 0 Å². The van der Waals surface area contributed by atoms with Gasteiger partial charge in [-0.05, 0) is 34.7 Å². The van der Waals surface area contributed by atoms with Gasteiger partial charge in [-0.1, -0.05) is 36.4 Å². The van der Waals surface area contributed by atoms with E-state index in [4.69, 9.17) is 5.11 Å². The molecule has 0 bridgehead atoms. The molecule has 0 atom stereocenters. The molecule has 18 heavy (non-hydrogen) atoms. The predicted molar refractivity (Wildman–Crippen MR) is 70.5 cm³/mol.